The van der Waals surface area contributed by atoms with Crippen LogP contribution in [0.5, 0.6) is 0 Å². The smallest absolute Gasteiger partial charge is 0.255 e. The number of carbonyl (C=O) groups excluding carboxylic acids is 1. The number of rotatable bonds is 2. The van der Waals surface area contributed by atoms with Gasteiger partial charge in [0, 0.05) is 24.3 Å². The third kappa shape index (κ3) is 3.68. The van der Waals surface area contributed by atoms with Crippen molar-refractivity contribution in [3.63, 3.8) is 0 Å². The van der Waals surface area contributed by atoms with Crippen molar-refractivity contribution < 1.29 is 4.79 Å². The Hall–Kier alpha value is -2.13. The summed E-state index contributed by atoms with van der Waals surface area (Å²) in [4.78, 5) is 14.8. The minimum atomic E-state index is -0.0560. The lowest BCUT2D eigenvalue weighted by molar-refractivity contribution is 0.102. The predicted molar refractivity (Wildman–Crippen MR) is 99.6 cm³/mol. The molecule has 1 N–H and O–H groups in total. The maximum Gasteiger partial charge on any atom is 0.255 e. The normalized spacial score (nSPS) is 15.0. The summed E-state index contributed by atoms with van der Waals surface area (Å²) >= 11 is 0. The van der Waals surface area contributed by atoms with Crippen molar-refractivity contribution in [3.8, 4) is 0 Å². The zero-order chi connectivity index (χ0) is 17.3. The van der Waals surface area contributed by atoms with Crippen LogP contribution >= 0.6 is 0 Å². The SMILES string of the molecule is CN1CCc2ccc(NC(=O)c3ccc(C(C)(C)C)cc3)cc2C1. The van der Waals surface area contributed by atoms with Gasteiger partial charge in [-0.05, 0) is 59.8 Å². The van der Waals surface area contributed by atoms with Gasteiger partial charge in [0.2, 0.25) is 0 Å². The lowest BCUT2D eigenvalue weighted by Gasteiger charge is -2.25. The van der Waals surface area contributed by atoms with E-state index in [2.05, 4.69) is 50.2 Å². The molecule has 0 unspecified atom stereocenters. The van der Waals surface area contributed by atoms with Gasteiger partial charge in [-0.2, -0.15) is 0 Å². The van der Waals surface area contributed by atoms with Gasteiger partial charge in [-0.3, -0.25) is 4.79 Å². The second-order valence-corrected chi connectivity index (χ2v) is 7.75. The van der Waals surface area contributed by atoms with Crippen LogP contribution in [0.4, 0.5) is 5.69 Å². The number of likely N-dealkylation sites (N-methyl/N-ethyl adjacent to an activating group) is 1. The van der Waals surface area contributed by atoms with Crippen LogP contribution in [0.2, 0.25) is 0 Å². The topological polar surface area (TPSA) is 32.3 Å². The summed E-state index contributed by atoms with van der Waals surface area (Å²) in [6.45, 7) is 8.56. The van der Waals surface area contributed by atoms with E-state index in [-0.39, 0.29) is 11.3 Å². The molecule has 3 rings (SSSR count). The summed E-state index contributed by atoms with van der Waals surface area (Å²) in [6.07, 6.45) is 1.08. The molecule has 2 aromatic rings. The number of nitrogens with zero attached hydrogens (tertiary/aromatic N) is 1. The number of hydrogen-bond donors (Lipinski definition) is 1. The Balaban J connectivity index is 1.74. The minimum absolute atomic E-state index is 0.0560. The fraction of sp³-hybridized carbons (Fsp3) is 0.381. The minimum Gasteiger partial charge on any atom is -0.322 e. The first-order valence-electron chi connectivity index (χ1n) is 8.55. The van der Waals surface area contributed by atoms with Gasteiger partial charge < -0.3 is 10.2 Å². The van der Waals surface area contributed by atoms with Crippen LogP contribution in [0, 0.1) is 0 Å². The van der Waals surface area contributed by atoms with E-state index in [0.717, 1.165) is 25.2 Å². The summed E-state index contributed by atoms with van der Waals surface area (Å²) in [5.41, 5.74) is 5.59. The molecule has 126 valence electrons. The highest BCUT2D eigenvalue weighted by atomic mass is 16.1. The number of benzene rings is 2. The van der Waals surface area contributed by atoms with E-state index < -0.39 is 0 Å². The summed E-state index contributed by atoms with van der Waals surface area (Å²) in [6, 6.07) is 14.1. The maximum atomic E-state index is 12.5. The van der Waals surface area contributed by atoms with Crippen molar-refractivity contribution in [1.82, 2.24) is 4.90 Å². The number of carbonyl (C=O) groups is 1. The molecule has 1 aliphatic rings. The van der Waals surface area contributed by atoms with Crippen molar-refractivity contribution in [2.24, 2.45) is 0 Å². The van der Waals surface area contributed by atoms with Crippen LogP contribution in [-0.2, 0) is 18.4 Å². The molecule has 0 radical (unpaired) electrons. The molecular formula is C21H26N2O. The van der Waals surface area contributed by atoms with Crippen molar-refractivity contribution in [2.75, 3.05) is 18.9 Å². The molecule has 0 bridgehead atoms. The van der Waals surface area contributed by atoms with Crippen LogP contribution < -0.4 is 5.32 Å². The van der Waals surface area contributed by atoms with Crippen molar-refractivity contribution >= 4 is 11.6 Å². The second kappa shape index (κ2) is 6.40. The lowest BCUT2D eigenvalue weighted by Crippen LogP contribution is -2.26. The molecule has 0 saturated carbocycles. The molecule has 3 nitrogen and oxygen atoms in total. The van der Waals surface area contributed by atoms with E-state index >= 15 is 0 Å². The third-order valence-electron chi connectivity index (χ3n) is 4.68. The van der Waals surface area contributed by atoms with Gasteiger partial charge in [0.15, 0.2) is 0 Å². The largest absolute Gasteiger partial charge is 0.322 e. The Kier molecular flexibility index (Phi) is 4.46. The number of anilines is 1. The molecule has 3 heteroatoms. The van der Waals surface area contributed by atoms with E-state index in [1.807, 2.05) is 30.3 Å². The summed E-state index contributed by atoms with van der Waals surface area (Å²) in [7, 11) is 2.13. The van der Waals surface area contributed by atoms with Crippen molar-refractivity contribution in [3.05, 3.63) is 64.7 Å². The van der Waals surface area contributed by atoms with Crippen molar-refractivity contribution in [2.45, 2.75) is 39.2 Å². The van der Waals surface area contributed by atoms with Gasteiger partial charge in [-0.15, -0.1) is 0 Å². The van der Waals surface area contributed by atoms with Crippen LogP contribution in [0.15, 0.2) is 42.5 Å². The Labute approximate surface area is 144 Å². The number of hydrogen-bond acceptors (Lipinski definition) is 2. The Morgan fingerprint density at radius 2 is 1.75 bits per heavy atom. The molecule has 0 atom stereocenters. The van der Waals surface area contributed by atoms with Gasteiger partial charge in [0.25, 0.3) is 5.91 Å². The van der Waals surface area contributed by atoms with Crippen molar-refractivity contribution in [1.29, 1.82) is 0 Å². The van der Waals surface area contributed by atoms with E-state index in [0.29, 0.717) is 5.56 Å². The molecule has 0 fully saturated rings. The molecule has 0 saturated heterocycles. The first kappa shape index (κ1) is 16.7. The van der Waals surface area contributed by atoms with Gasteiger partial charge in [-0.25, -0.2) is 0 Å². The first-order chi connectivity index (χ1) is 11.3. The van der Waals surface area contributed by atoms with Crippen LogP contribution in [0.1, 0.15) is 47.8 Å². The van der Waals surface area contributed by atoms with Crippen LogP contribution in [0.3, 0.4) is 0 Å². The molecule has 2 aromatic carbocycles. The van der Waals surface area contributed by atoms with Gasteiger partial charge >= 0.3 is 0 Å². The Bertz CT molecular complexity index is 741. The third-order valence-corrected chi connectivity index (χ3v) is 4.68. The summed E-state index contributed by atoms with van der Waals surface area (Å²) in [5, 5.41) is 3.02. The highest BCUT2D eigenvalue weighted by molar-refractivity contribution is 6.04. The van der Waals surface area contributed by atoms with Gasteiger partial charge in [0.05, 0.1) is 0 Å². The predicted octanol–water partition coefficient (Wildman–Crippen LogP) is 4.22. The number of nitrogens with one attached hydrogen (secondary N) is 1. The number of amides is 1. The van der Waals surface area contributed by atoms with E-state index in [4.69, 9.17) is 0 Å². The fourth-order valence-corrected chi connectivity index (χ4v) is 3.10. The van der Waals surface area contributed by atoms with E-state index in [1.54, 1.807) is 0 Å². The van der Waals surface area contributed by atoms with E-state index in [9.17, 15) is 4.79 Å². The van der Waals surface area contributed by atoms with Crippen LogP contribution in [0.25, 0.3) is 0 Å². The van der Waals surface area contributed by atoms with Gasteiger partial charge in [-0.1, -0.05) is 39.0 Å². The van der Waals surface area contributed by atoms with Gasteiger partial charge in [0.1, 0.15) is 0 Å². The molecule has 24 heavy (non-hydrogen) atoms. The molecule has 0 spiro atoms. The zero-order valence-corrected chi connectivity index (χ0v) is 15.0. The van der Waals surface area contributed by atoms with E-state index in [1.165, 1.54) is 16.7 Å². The molecular weight excluding hydrogens is 296 g/mol. The fourth-order valence-electron chi connectivity index (χ4n) is 3.10. The molecule has 1 heterocycles. The average molecular weight is 322 g/mol. The highest BCUT2D eigenvalue weighted by Gasteiger charge is 2.16. The molecule has 0 aliphatic carbocycles. The number of fused-ring (bicyclic) bond motifs is 1. The molecule has 1 aliphatic heterocycles. The quantitative estimate of drug-likeness (QED) is 0.897. The monoisotopic (exact) mass is 322 g/mol. The zero-order valence-electron chi connectivity index (χ0n) is 15.0. The second-order valence-electron chi connectivity index (χ2n) is 7.75. The Morgan fingerprint density at radius 3 is 2.42 bits per heavy atom. The lowest BCUT2D eigenvalue weighted by atomic mass is 9.86. The maximum absolute atomic E-state index is 12.5. The van der Waals surface area contributed by atoms with Crippen LogP contribution in [-0.4, -0.2) is 24.4 Å². The summed E-state index contributed by atoms with van der Waals surface area (Å²) in [5.74, 6) is -0.0560. The average Bonchev–Trinajstić information content (AvgIpc) is 2.53. The first-order valence-corrected chi connectivity index (χ1v) is 8.55. The molecule has 1 amide bonds. The standard InChI is InChI=1S/C21H26N2O/c1-21(2,3)18-8-5-16(6-9-18)20(24)22-19-10-7-15-11-12-23(4)14-17(15)13-19/h5-10,13H,11-12,14H2,1-4H3,(H,22,24). The Morgan fingerprint density at radius 1 is 1.04 bits per heavy atom. The summed E-state index contributed by atoms with van der Waals surface area (Å²) < 4.78 is 0. The highest BCUT2D eigenvalue weighted by Crippen LogP contribution is 2.24. The molecule has 0 aromatic heterocycles.